The fraction of sp³-hybridized carbons (Fsp3) is 0.143. The number of hydrogen-bond acceptors (Lipinski definition) is 3. The number of benzene rings is 2. The highest BCUT2D eigenvalue weighted by Gasteiger charge is 2.41. The van der Waals surface area contributed by atoms with E-state index in [1.54, 1.807) is 35.7 Å². The first kappa shape index (κ1) is 20.6. The van der Waals surface area contributed by atoms with Gasteiger partial charge in [0.1, 0.15) is 0 Å². The van der Waals surface area contributed by atoms with Gasteiger partial charge in [0.25, 0.3) is 11.8 Å². The molecule has 0 fully saturated rings. The van der Waals surface area contributed by atoms with E-state index in [0.29, 0.717) is 4.88 Å². The Morgan fingerprint density at radius 1 is 0.897 bits per heavy atom. The van der Waals surface area contributed by atoms with Crippen LogP contribution in [0.15, 0.2) is 72.1 Å². The van der Waals surface area contributed by atoms with Gasteiger partial charge >= 0.3 is 6.18 Å². The van der Waals surface area contributed by atoms with Gasteiger partial charge in [0.2, 0.25) is 0 Å². The third-order valence-corrected chi connectivity index (χ3v) is 5.02. The van der Waals surface area contributed by atoms with E-state index in [4.69, 9.17) is 0 Å². The standard InChI is InChI=1S/C21H17F3N2O2S/c22-21(23,24)18(15-5-2-1-3-6-15)26-19(27)16-10-8-14(9-11-16)13-25-20(28)17-7-4-12-29-17/h1-12,18H,13H2,(H,25,28)(H,26,27). The number of hydrogen-bond donors (Lipinski definition) is 2. The van der Waals surface area contributed by atoms with Crippen LogP contribution in [0.5, 0.6) is 0 Å². The van der Waals surface area contributed by atoms with Crippen LogP contribution < -0.4 is 10.6 Å². The molecule has 0 bridgehead atoms. The van der Waals surface area contributed by atoms with Crippen molar-refractivity contribution in [3.05, 3.63) is 93.7 Å². The molecular weight excluding hydrogens is 401 g/mol. The highest BCUT2D eigenvalue weighted by Crippen LogP contribution is 2.32. The Hall–Kier alpha value is -3.13. The lowest BCUT2D eigenvalue weighted by Gasteiger charge is -2.22. The molecular formula is C21H17F3N2O2S. The minimum Gasteiger partial charge on any atom is -0.347 e. The van der Waals surface area contributed by atoms with E-state index in [-0.39, 0.29) is 23.6 Å². The summed E-state index contributed by atoms with van der Waals surface area (Å²) in [6.07, 6.45) is -4.62. The lowest BCUT2D eigenvalue weighted by molar-refractivity contribution is -0.155. The molecule has 0 radical (unpaired) electrons. The van der Waals surface area contributed by atoms with Gasteiger partial charge in [-0.05, 0) is 34.7 Å². The minimum atomic E-state index is -4.62. The van der Waals surface area contributed by atoms with Gasteiger partial charge in [-0.1, -0.05) is 48.5 Å². The molecule has 4 nitrogen and oxygen atoms in total. The molecule has 2 amide bonds. The first-order valence-corrected chi connectivity index (χ1v) is 9.56. The topological polar surface area (TPSA) is 58.2 Å². The molecule has 0 saturated carbocycles. The summed E-state index contributed by atoms with van der Waals surface area (Å²) in [5.74, 6) is -1.04. The molecule has 3 rings (SSSR count). The van der Waals surface area contributed by atoms with Crippen molar-refractivity contribution >= 4 is 23.2 Å². The average molecular weight is 418 g/mol. The Kier molecular flexibility index (Phi) is 6.33. The molecule has 0 aliphatic carbocycles. The van der Waals surface area contributed by atoms with Crippen LogP contribution >= 0.6 is 11.3 Å². The van der Waals surface area contributed by atoms with Gasteiger partial charge in [0, 0.05) is 12.1 Å². The predicted molar refractivity (Wildman–Crippen MR) is 105 cm³/mol. The fourth-order valence-corrected chi connectivity index (χ4v) is 3.31. The van der Waals surface area contributed by atoms with E-state index in [1.165, 1.54) is 47.7 Å². The quantitative estimate of drug-likeness (QED) is 0.609. The van der Waals surface area contributed by atoms with Crippen molar-refractivity contribution in [1.29, 1.82) is 0 Å². The van der Waals surface area contributed by atoms with Crippen LogP contribution in [-0.2, 0) is 6.54 Å². The van der Waals surface area contributed by atoms with E-state index in [1.807, 2.05) is 5.32 Å². The lowest BCUT2D eigenvalue weighted by atomic mass is 10.1. The molecule has 1 aromatic heterocycles. The van der Waals surface area contributed by atoms with Crippen LogP contribution in [-0.4, -0.2) is 18.0 Å². The molecule has 150 valence electrons. The van der Waals surface area contributed by atoms with Crippen molar-refractivity contribution in [2.45, 2.75) is 18.8 Å². The van der Waals surface area contributed by atoms with Crippen LogP contribution in [0.3, 0.4) is 0 Å². The van der Waals surface area contributed by atoms with Gasteiger partial charge in [0.15, 0.2) is 6.04 Å². The SMILES string of the molecule is O=C(NC(c1ccccc1)C(F)(F)F)c1ccc(CNC(=O)c2cccs2)cc1. The summed E-state index contributed by atoms with van der Waals surface area (Å²) in [5, 5.41) is 6.59. The summed E-state index contributed by atoms with van der Waals surface area (Å²) >= 11 is 1.32. The average Bonchev–Trinajstić information content (AvgIpc) is 3.25. The zero-order valence-electron chi connectivity index (χ0n) is 15.1. The number of thiophene rings is 1. The summed E-state index contributed by atoms with van der Waals surface area (Å²) in [4.78, 5) is 24.8. The first-order valence-electron chi connectivity index (χ1n) is 8.68. The maximum absolute atomic E-state index is 13.4. The summed E-state index contributed by atoms with van der Waals surface area (Å²) in [5.41, 5.74) is 0.784. The minimum absolute atomic E-state index is 0.0405. The van der Waals surface area contributed by atoms with E-state index >= 15 is 0 Å². The Bertz CT molecular complexity index is 956. The normalized spacial score (nSPS) is 12.2. The van der Waals surface area contributed by atoms with Crippen LogP contribution in [0, 0.1) is 0 Å². The van der Waals surface area contributed by atoms with Crippen LogP contribution in [0.2, 0.25) is 0 Å². The van der Waals surface area contributed by atoms with E-state index in [0.717, 1.165) is 5.56 Å². The zero-order valence-corrected chi connectivity index (χ0v) is 15.9. The molecule has 2 aromatic carbocycles. The molecule has 3 aromatic rings. The molecule has 8 heteroatoms. The van der Waals surface area contributed by atoms with Crippen LogP contribution in [0.25, 0.3) is 0 Å². The highest BCUT2D eigenvalue weighted by molar-refractivity contribution is 7.12. The number of halogens is 3. The third kappa shape index (κ3) is 5.45. The second kappa shape index (κ2) is 8.91. The van der Waals surface area contributed by atoms with Crippen LogP contribution in [0.4, 0.5) is 13.2 Å². The monoisotopic (exact) mass is 418 g/mol. The van der Waals surface area contributed by atoms with E-state index in [2.05, 4.69) is 5.32 Å². The summed E-state index contributed by atoms with van der Waals surface area (Å²) in [6, 6.07) is 14.6. The molecule has 0 aliphatic rings. The molecule has 0 aliphatic heterocycles. The van der Waals surface area contributed by atoms with Gasteiger partial charge in [-0.3, -0.25) is 9.59 Å². The maximum Gasteiger partial charge on any atom is 0.412 e. The Morgan fingerprint density at radius 2 is 1.59 bits per heavy atom. The molecule has 0 saturated heterocycles. The van der Waals surface area contributed by atoms with Gasteiger partial charge in [-0.15, -0.1) is 11.3 Å². The lowest BCUT2D eigenvalue weighted by Crippen LogP contribution is -2.38. The van der Waals surface area contributed by atoms with Crippen LogP contribution in [0.1, 0.15) is 37.2 Å². The third-order valence-electron chi connectivity index (χ3n) is 4.15. The maximum atomic E-state index is 13.4. The number of alkyl halides is 3. The summed E-state index contributed by atoms with van der Waals surface area (Å²) in [6.45, 7) is 0.244. The molecule has 2 N–H and O–H groups in total. The highest BCUT2D eigenvalue weighted by atomic mass is 32.1. The fourth-order valence-electron chi connectivity index (χ4n) is 2.67. The Balaban J connectivity index is 1.64. The number of nitrogens with one attached hydrogen (secondary N) is 2. The summed E-state index contributed by atoms with van der Waals surface area (Å²) < 4.78 is 40.2. The first-order chi connectivity index (χ1) is 13.8. The van der Waals surface area contributed by atoms with Gasteiger partial charge < -0.3 is 10.6 Å². The van der Waals surface area contributed by atoms with E-state index < -0.39 is 18.1 Å². The van der Waals surface area contributed by atoms with Gasteiger partial charge in [-0.2, -0.15) is 13.2 Å². The molecule has 1 heterocycles. The van der Waals surface area contributed by atoms with E-state index in [9.17, 15) is 22.8 Å². The number of amides is 2. The second-order valence-electron chi connectivity index (χ2n) is 6.22. The van der Waals surface area contributed by atoms with Crippen molar-refractivity contribution in [3.8, 4) is 0 Å². The second-order valence-corrected chi connectivity index (χ2v) is 7.16. The van der Waals surface area contributed by atoms with Crippen molar-refractivity contribution in [2.75, 3.05) is 0 Å². The molecule has 29 heavy (non-hydrogen) atoms. The van der Waals surface area contributed by atoms with Gasteiger partial charge in [0.05, 0.1) is 4.88 Å². The molecule has 1 atom stereocenters. The van der Waals surface area contributed by atoms with Crippen molar-refractivity contribution in [3.63, 3.8) is 0 Å². The Morgan fingerprint density at radius 3 is 2.17 bits per heavy atom. The summed E-state index contributed by atoms with van der Waals surface area (Å²) in [7, 11) is 0. The number of carbonyl (C=O) groups excluding carboxylic acids is 2. The Labute approximate surface area is 169 Å². The van der Waals surface area contributed by atoms with Crippen molar-refractivity contribution < 1.29 is 22.8 Å². The van der Waals surface area contributed by atoms with Crippen molar-refractivity contribution in [2.24, 2.45) is 0 Å². The molecule has 1 unspecified atom stereocenters. The largest absolute Gasteiger partial charge is 0.412 e. The number of rotatable bonds is 6. The predicted octanol–water partition coefficient (Wildman–Crippen LogP) is 4.71. The smallest absolute Gasteiger partial charge is 0.347 e. The number of carbonyl (C=O) groups is 2. The van der Waals surface area contributed by atoms with Crippen molar-refractivity contribution in [1.82, 2.24) is 10.6 Å². The molecule has 0 spiro atoms. The zero-order chi connectivity index (χ0) is 20.9. The van der Waals surface area contributed by atoms with Gasteiger partial charge in [-0.25, -0.2) is 0 Å².